The topological polar surface area (TPSA) is 523 Å². The zero-order valence-electron chi connectivity index (χ0n) is 58.5. The highest BCUT2D eigenvalue weighted by Crippen LogP contribution is 2.35. The zero-order chi connectivity index (χ0) is 75.4. The third-order valence-electron chi connectivity index (χ3n) is 17.0. The number of hydrogen-bond acceptors (Lipinski definition) is 22. The molecule has 6 aromatic rings. The van der Waals surface area contributed by atoms with Gasteiger partial charge in [0.2, 0.25) is 59.0 Å². The van der Waals surface area contributed by atoms with Crippen LogP contribution in [0.2, 0.25) is 0 Å². The number of esters is 1. The van der Waals surface area contributed by atoms with Gasteiger partial charge in [-0.05, 0) is 152 Å². The van der Waals surface area contributed by atoms with Crippen molar-refractivity contribution < 1.29 is 76.8 Å². The number of ether oxygens (including phenoxy) is 3. The lowest BCUT2D eigenvalue weighted by molar-refractivity contribution is -0.136. The van der Waals surface area contributed by atoms with Crippen LogP contribution in [0.25, 0.3) is 27.5 Å². The number of benzene rings is 3. The molecule has 3 aromatic heterocycles. The Morgan fingerprint density at radius 1 is 0.689 bits per heavy atom. The quantitative estimate of drug-likeness (QED) is 0.0275. The number of hydrogen-bond donors (Lipinski definition) is 17. The minimum absolute atomic E-state index is 0.00351. The summed E-state index contributed by atoms with van der Waals surface area (Å²) in [6.45, 7) is 10.1. The average Bonchev–Trinajstić information content (AvgIpc) is 1.65. The molecule has 33 nitrogen and oxygen atoms in total. The molecule has 22 N–H and O–H groups in total. The third kappa shape index (κ3) is 21.9. The molecule has 0 spiro atoms. The Morgan fingerprint density at radius 2 is 1.25 bits per heavy atom. The fraction of sp³-hybridized carbons (Fsp3) is 0.478. The molecule has 0 aliphatic carbocycles. The first kappa shape index (κ1) is 80.1. The van der Waals surface area contributed by atoms with Crippen molar-refractivity contribution in [3.8, 4) is 28.5 Å². The van der Waals surface area contributed by atoms with Crippen molar-refractivity contribution >= 4 is 75.6 Å². The number of halogens is 1. The Morgan fingerprint density at radius 3 is 1.83 bits per heavy atom. The summed E-state index contributed by atoms with van der Waals surface area (Å²) >= 11 is 0. The maximum atomic E-state index is 15.5. The normalized spacial score (nSPS) is 20.7. The summed E-state index contributed by atoms with van der Waals surface area (Å²) < 4.78 is 34.8. The molecule has 1 aliphatic heterocycles. The van der Waals surface area contributed by atoms with E-state index in [2.05, 4.69) is 62.9 Å². The van der Waals surface area contributed by atoms with Gasteiger partial charge in [0.15, 0.2) is 11.6 Å². The van der Waals surface area contributed by atoms with Gasteiger partial charge in [0.1, 0.15) is 84.7 Å². The highest BCUT2D eigenvalue weighted by atomic mass is 19.1. The van der Waals surface area contributed by atoms with Gasteiger partial charge in [-0.1, -0.05) is 50.2 Å². The Kier molecular flexibility index (Phi) is 29.3. The van der Waals surface area contributed by atoms with Crippen LogP contribution in [0.15, 0.2) is 79.3 Å². The van der Waals surface area contributed by atoms with E-state index in [1.165, 1.54) is 30.8 Å². The Hall–Kier alpha value is -10.2. The smallest absolute Gasteiger partial charge is 0.338 e. The van der Waals surface area contributed by atoms with Crippen LogP contribution in [0.3, 0.4) is 0 Å². The second-order valence-electron chi connectivity index (χ2n) is 25.8. The molecule has 558 valence electrons. The Bertz CT molecular complexity index is 3960. The molecule has 34 heteroatoms. The summed E-state index contributed by atoms with van der Waals surface area (Å²) in [7, 11) is 0. The Balaban J connectivity index is 1.12. The van der Waals surface area contributed by atoms with Crippen LogP contribution >= 0.6 is 0 Å². The highest BCUT2D eigenvalue weighted by molar-refractivity contribution is 5.99. The predicted octanol–water partition coefficient (Wildman–Crippen LogP) is -1.48. The molecular weight excluding hydrogens is 1340 g/mol. The number of nitrogens with two attached hydrogens (primary N) is 5. The van der Waals surface area contributed by atoms with Crippen molar-refractivity contribution in [1.29, 1.82) is 0 Å². The molecule has 0 radical (unpaired) electrons. The molecule has 12 atom stereocenters. The summed E-state index contributed by atoms with van der Waals surface area (Å²) in [6.07, 6.45) is -2.24. The van der Waals surface area contributed by atoms with Crippen molar-refractivity contribution in [2.24, 2.45) is 34.6 Å². The summed E-state index contributed by atoms with van der Waals surface area (Å²) in [5.41, 5.74) is 33.9. The number of aliphatic hydroxyl groups excluding tert-OH is 2. The van der Waals surface area contributed by atoms with Gasteiger partial charge >= 0.3 is 5.97 Å². The molecule has 2 unspecified atom stereocenters. The third-order valence-corrected chi connectivity index (χ3v) is 17.0. The molecule has 4 heterocycles. The van der Waals surface area contributed by atoms with Crippen molar-refractivity contribution in [3.05, 3.63) is 107 Å². The lowest BCUT2D eigenvalue weighted by atomic mass is 9.98. The molecular formula is C69H95FN18O15. The van der Waals surface area contributed by atoms with Gasteiger partial charge in [0.05, 0.1) is 24.0 Å². The number of nitrogens with one attached hydrogen (secondary N) is 10. The molecule has 3 aromatic carbocycles. The van der Waals surface area contributed by atoms with Crippen LogP contribution in [-0.2, 0) is 54.3 Å². The number of H-pyrrole nitrogens is 1. The molecule has 103 heavy (non-hydrogen) atoms. The second-order valence-corrected chi connectivity index (χ2v) is 25.8. The van der Waals surface area contributed by atoms with E-state index in [4.69, 9.17) is 42.9 Å². The number of nitrogens with zero attached hydrogens (tertiary/aromatic N) is 3. The number of amides is 9. The number of aliphatic hydroxyl groups is 2. The lowest BCUT2D eigenvalue weighted by Crippen LogP contribution is -2.61. The summed E-state index contributed by atoms with van der Waals surface area (Å²) in [5.74, 6) is -9.43. The van der Waals surface area contributed by atoms with E-state index in [0.717, 1.165) is 5.69 Å². The van der Waals surface area contributed by atoms with Gasteiger partial charge in [-0.3, -0.25) is 43.2 Å². The van der Waals surface area contributed by atoms with Gasteiger partial charge < -0.3 is 106 Å². The first-order valence-corrected chi connectivity index (χ1v) is 34.0. The monoisotopic (exact) mass is 1430 g/mol. The fourth-order valence-corrected chi connectivity index (χ4v) is 11.3. The highest BCUT2D eigenvalue weighted by Gasteiger charge is 2.37. The number of aromatic amines is 1. The number of rotatable bonds is 26. The van der Waals surface area contributed by atoms with Crippen molar-refractivity contribution in [2.45, 2.75) is 166 Å². The van der Waals surface area contributed by atoms with Crippen LogP contribution in [0.1, 0.15) is 100 Å². The van der Waals surface area contributed by atoms with E-state index in [-0.39, 0.29) is 94.4 Å². The predicted molar refractivity (Wildman–Crippen MR) is 375 cm³/mol. The summed E-state index contributed by atoms with van der Waals surface area (Å²) in [6, 6.07) is 4.83. The van der Waals surface area contributed by atoms with Crippen molar-refractivity contribution in [1.82, 2.24) is 67.4 Å². The molecule has 1 saturated heterocycles. The van der Waals surface area contributed by atoms with Gasteiger partial charge in [-0.25, -0.2) is 13.7 Å². The van der Waals surface area contributed by atoms with Crippen LogP contribution in [0.4, 0.5) is 4.39 Å². The second kappa shape index (κ2) is 37.6. The molecule has 0 saturated carbocycles. The summed E-state index contributed by atoms with van der Waals surface area (Å²) in [4.78, 5) is 148. The lowest BCUT2D eigenvalue weighted by Gasteiger charge is -2.28. The molecule has 0 bridgehead atoms. The van der Waals surface area contributed by atoms with Gasteiger partial charge in [0.25, 0.3) is 0 Å². The zero-order valence-corrected chi connectivity index (χ0v) is 58.5. The number of carbonyl (C=O) groups excluding carboxylic acids is 10. The fourth-order valence-electron chi connectivity index (χ4n) is 11.3. The number of aromatic nitrogens is 4. The maximum absolute atomic E-state index is 15.5. The van der Waals surface area contributed by atoms with E-state index in [1.807, 2.05) is 6.92 Å². The van der Waals surface area contributed by atoms with Crippen LogP contribution in [0, 0.1) is 25.6 Å². The first-order valence-electron chi connectivity index (χ1n) is 34.0. The van der Waals surface area contributed by atoms with E-state index >= 15 is 4.39 Å². The molecule has 7 rings (SSSR count). The average molecular weight is 1440 g/mol. The van der Waals surface area contributed by atoms with E-state index in [0.29, 0.717) is 44.4 Å². The minimum Gasteiger partial charge on any atom is -0.488 e. The Labute approximate surface area is 593 Å². The maximum Gasteiger partial charge on any atom is 0.338 e. The van der Waals surface area contributed by atoms with E-state index < -0.39 is 151 Å². The van der Waals surface area contributed by atoms with Crippen molar-refractivity contribution in [2.75, 3.05) is 39.3 Å². The van der Waals surface area contributed by atoms with Crippen LogP contribution in [-0.4, -0.2) is 201 Å². The minimum atomic E-state index is -1.68. The number of carbonyl (C=O) groups is 10. The molecule has 1 aliphatic rings. The standard InChI is InChI=1S/C69H95FN18O15/c1-34(2)28-51-64(96)82-46(18-23-71)59(91)81-49(21-26-74)63(95)87-57(39(7)90)67(99)76-27-22-50(83-60(92)48(20-25-73)84-66(98)56(75)38(6)89)62(94)80-47(19-24-72)61(93)86-52(65(97)85-51)30-40-8-10-41(11-9-40)42-12-14-43(15-13-42)69(100)102-36(4)32-101-54-31-88-58(37(54)5)68(77-33-78-88)103-53-17-16-45-44(55(53)70)29-35(3)79-45/h8-17,29,31,33-34,36,38-39,46-52,56-57,79,89-90H,18-28,30,32,71-75H2,1-7H3,(H,76,99)(H,80,94)(H,81,91)(H,82,96)(H,83,92)(H,84,98)(H,85,97)(H,86,93)(H,87,95)/t36-,38-,39?,46+,47?,48+,49+,50+,51+,52-,56+,57+/m1/s1. The van der Waals surface area contributed by atoms with E-state index in [1.54, 1.807) is 94.6 Å². The number of aryl methyl sites for hydroxylation is 2. The van der Waals surface area contributed by atoms with Gasteiger partial charge in [-0.2, -0.15) is 10.1 Å². The number of fused-ring (bicyclic) bond motifs is 2. The van der Waals surface area contributed by atoms with Gasteiger partial charge in [-0.15, -0.1) is 0 Å². The molecule has 9 amide bonds. The largest absolute Gasteiger partial charge is 0.488 e. The SMILES string of the molecule is Cc1cc2c(F)c(Oc3ncnn4cc(OC[C@@H](C)OC(=O)c5ccc(-c6ccc(C[C@H]7NC(=O)C(CCN)NC(=O)[C@@H](NC(=O)[C@H](CCN)NC(=O)[C@@H](N)[C@@H](C)O)CCNC(=O)[C@H](C(C)O)NC(=O)[C@H](CCN)NC(=O)[C@H](CCN)NC(=O)[C@H](CC(C)C)NC7=O)cc6)cc5)c(C)c34)ccc2[nH]1. The molecule has 1 fully saturated rings. The van der Waals surface area contributed by atoms with Crippen molar-refractivity contribution in [3.63, 3.8) is 0 Å². The van der Waals surface area contributed by atoms with Crippen LogP contribution < -0.4 is 86.0 Å². The first-order chi connectivity index (χ1) is 49.0. The summed E-state index contributed by atoms with van der Waals surface area (Å²) in [5, 5.41) is 48.5. The van der Waals surface area contributed by atoms with E-state index in [9.17, 15) is 58.2 Å². The van der Waals surface area contributed by atoms with Crippen LogP contribution in [0.5, 0.6) is 17.4 Å². The van der Waals surface area contributed by atoms with Gasteiger partial charge in [0, 0.05) is 35.1 Å².